The van der Waals surface area contributed by atoms with Gasteiger partial charge in [0, 0.05) is 0 Å². The summed E-state index contributed by atoms with van der Waals surface area (Å²) in [4.78, 5) is 0. The summed E-state index contributed by atoms with van der Waals surface area (Å²) in [6, 6.07) is 7.69. The third-order valence-corrected chi connectivity index (χ3v) is 2.32. The first-order valence-corrected chi connectivity index (χ1v) is 6.30. The van der Waals surface area contributed by atoms with Crippen molar-refractivity contribution in [1.82, 2.24) is 5.43 Å². The molecular formula is C13H19N3OS. The summed E-state index contributed by atoms with van der Waals surface area (Å²) >= 11 is 4.63. The minimum Gasteiger partial charge on any atom is -0.494 e. The van der Waals surface area contributed by atoms with E-state index in [4.69, 9.17) is 10.5 Å². The first kappa shape index (κ1) is 14.4. The highest BCUT2D eigenvalue weighted by atomic mass is 32.1. The van der Waals surface area contributed by atoms with E-state index in [0.29, 0.717) is 5.92 Å². The van der Waals surface area contributed by atoms with Crippen LogP contribution in [0.5, 0.6) is 5.75 Å². The number of thiocarbonyl (C=S) groups is 1. The zero-order valence-corrected chi connectivity index (χ0v) is 11.5. The molecule has 0 bridgehead atoms. The first-order valence-electron chi connectivity index (χ1n) is 5.89. The molecule has 0 aliphatic heterocycles. The van der Waals surface area contributed by atoms with Gasteiger partial charge in [0.05, 0.1) is 12.8 Å². The van der Waals surface area contributed by atoms with Gasteiger partial charge in [-0.25, -0.2) is 0 Å². The van der Waals surface area contributed by atoms with Crippen molar-refractivity contribution in [2.45, 2.75) is 20.3 Å². The van der Waals surface area contributed by atoms with Gasteiger partial charge in [-0.3, -0.25) is 5.43 Å². The monoisotopic (exact) mass is 265 g/mol. The zero-order chi connectivity index (χ0) is 13.4. The summed E-state index contributed by atoms with van der Waals surface area (Å²) in [5.41, 5.74) is 8.70. The van der Waals surface area contributed by atoms with E-state index in [-0.39, 0.29) is 5.11 Å². The van der Waals surface area contributed by atoms with Crippen molar-refractivity contribution in [3.63, 3.8) is 0 Å². The third-order valence-electron chi connectivity index (χ3n) is 2.23. The van der Waals surface area contributed by atoms with Crippen molar-refractivity contribution < 1.29 is 4.74 Å². The van der Waals surface area contributed by atoms with Gasteiger partial charge in [0.25, 0.3) is 0 Å². The van der Waals surface area contributed by atoms with E-state index >= 15 is 0 Å². The molecule has 5 heteroatoms. The Labute approximate surface area is 113 Å². The Kier molecular flexibility index (Phi) is 6.14. The maximum Gasteiger partial charge on any atom is 0.184 e. The molecule has 3 N–H and O–H groups in total. The third kappa shape index (κ3) is 6.20. The second-order valence-electron chi connectivity index (χ2n) is 4.33. The van der Waals surface area contributed by atoms with Crippen LogP contribution in [0.1, 0.15) is 25.8 Å². The molecule has 1 aromatic carbocycles. The van der Waals surface area contributed by atoms with Gasteiger partial charge in [-0.05, 0) is 54.4 Å². The van der Waals surface area contributed by atoms with Crippen molar-refractivity contribution in [1.29, 1.82) is 0 Å². The average Bonchev–Trinajstić information content (AvgIpc) is 2.30. The molecule has 0 heterocycles. The number of ether oxygens (including phenoxy) is 1. The molecule has 0 saturated heterocycles. The zero-order valence-electron chi connectivity index (χ0n) is 10.7. The maximum absolute atomic E-state index is 5.61. The quantitative estimate of drug-likeness (QED) is 0.470. The van der Waals surface area contributed by atoms with Gasteiger partial charge in [-0.1, -0.05) is 13.8 Å². The SMILES string of the molecule is CC(C)CCOc1ccc(C=NNC(N)=S)cc1. The number of hydrogen-bond donors (Lipinski definition) is 2. The summed E-state index contributed by atoms with van der Waals surface area (Å²) < 4.78 is 5.61. The Hall–Kier alpha value is -1.62. The molecule has 0 aromatic heterocycles. The van der Waals surface area contributed by atoms with Gasteiger partial charge >= 0.3 is 0 Å². The molecule has 0 spiro atoms. The van der Waals surface area contributed by atoms with E-state index in [9.17, 15) is 0 Å². The van der Waals surface area contributed by atoms with E-state index in [1.165, 1.54) is 0 Å². The van der Waals surface area contributed by atoms with Crippen LogP contribution in [0.3, 0.4) is 0 Å². The van der Waals surface area contributed by atoms with Gasteiger partial charge in [-0.15, -0.1) is 0 Å². The highest BCUT2D eigenvalue weighted by Crippen LogP contribution is 2.12. The number of nitrogens with zero attached hydrogens (tertiary/aromatic N) is 1. The summed E-state index contributed by atoms with van der Waals surface area (Å²) in [5, 5.41) is 4.03. The smallest absolute Gasteiger partial charge is 0.184 e. The molecule has 0 amide bonds. The molecule has 0 radical (unpaired) electrons. The topological polar surface area (TPSA) is 59.6 Å². The summed E-state index contributed by atoms with van der Waals surface area (Å²) in [6.45, 7) is 5.10. The average molecular weight is 265 g/mol. The fraction of sp³-hybridized carbons (Fsp3) is 0.385. The minimum absolute atomic E-state index is 0.153. The molecule has 98 valence electrons. The lowest BCUT2D eigenvalue weighted by Crippen LogP contribution is -2.23. The second kappa shape index (κ2) is 7.66. The number of nitrogens with two attached hydrogens (primary N) is 1. The lowest BCUT2D eigenvalue weighted by Gasteiger charge is -2.07. The molecule has 0 unspecified atom stereocenters. The van der Waals surface area contributed by atoms with Crippen LogP contribution in [0.25, 0.3) is 0 Å². The highest BCUT2D eigenvalue weighted by molar-refractivity contribution is 7.80. The normalized spacial score (nSPS) is 10.8. The second-order valence-corrected chi connectivity index (χ2v) is 4.77. The largest absolute Gasteiger partial charge is 0.494 e. The number of hydrazone groups is 1. The van der Waals surface area contributed by atoms with Crippen LogP contribution in [-0.2, 0) is 0 Å². The standard InChI is InChI=1S/C13H19N3OS/c1-10(2)7-8-17-12-5-3-11(4-6-12)9-15-16-13(14)18/h3-6,9-10H,7-8H2,1-2H3,(H3,14,16,18). The van der Waals surface area contributed by atoms with Crippen LogP contribution in [0.4, 0.5) is 0 Å². The molecule has 1 rings (SSSR count). The molecule has 18 heavy (non-hydrogen) atoms. The Balaban J connectivity index is 2.42. The van der Waals surface area contributed by atoms with Crippen molar-refractivity contribution in [2.75, 3.05) is 6.61 Å². The van der Waals surface area contributed by atoms with Gasteiger partial charge < -0.3 is 10.5 Å². The number of rotatable bonds is 6. The highest BCUT2D eigenvalue weighted by Gasteiger charge is 1.96. The van der Waals surface area contributed by atoms with E-state index in [2.05, 4.69) is 36.6 Å². The van der Waals surface area contributed by atoms with Crippen LogP contribution in [0, 0.1) is 5.92 Å². The Morgan fingerprint density at radius 2 is 2.11 bits per heavy atom. The summed E-state index contributed by atoms with van der Waals surface area (Å²) in [7, 11) is 0. The maximum atomic E-state index is 5.61. The molecule has 0 atom stereocenters. The van der Waals surface area contributed by atoms with Crippen molar-refractivity contribution in [3.05, 3.63) is 29.8 Å². The molecule has 0 saturated carbocycles. The van der Waals surface area contributed by atoms with E-state index < -0.39 is 0 Å². The summed E-state index contributed by atoms with van der Waals surface area (Å²) in [6.07, 6.45) is 2.71. The predicted octanol–water partition coefficient (Wildman–Crippen LogP) is 2.28. The minimum atomic E-state index is 0.153. The van der Waals surface area contributed by atoms with Gasteiger partial charge in [-0.2, -0.15) is 5.10 Å². The summed E-state index contributed by atoms with van der Waals surface area (Å²) in [5.74, 6) is 1.53. The van der Waals surface area contributed by atoms with Gasteiger partial charge in [0.2, 0.25) is 0 Å². The van der Waals surface area contributed by atoms with Crippen LogP contribution < -0.4 is 15.9 Å². The van der Waals surface area contributed by atoms with Crippen molar-refractivity contribution in [3.8, 4) is 5.75 Å². The van der Waals surface area contributed by atoms with Crippen molar-refractivity contribution >= 4 is 23.5 Å². The lowest BCUT2D eigenvalue weighted by atomic mass is 10.1. The fourth-order valence-electron chi connectivity index (χ4n) is 1.23. The van der Waals surface area contributed by atoms with E-state index in [1.807, 2.05) is 24.3 Å². The Morgan fingerprint density at radius 3 is 2.67 bits per heavy atom. The van der Waals surface area contributed by atoms with Crippen molar-refractivity contribution in [2.24, 2.45) is 16.8 Å². The molecule has 4 nitrogen and oxygen atoms in total. The van der Waals surface area contributed by atoms with Crippen LogP contribution >= 0.6 is 12.2 Å². The Morgan fingerprint density at radius 1 is 1.44 bits per heavy atom. The number of benzene rings is 1. The van der Waals surface area contributed by atoms with Gasteiger partial charge in [0.1, 0.15) is 5.75 Å². The number of nitrogens with one attached hydrogen (secondary N) is 1. The predicted molar refractivity (Wildman–Crippen MR) is 78.9 cm³/mol. The molecule has 0 fully saturated rings. The van der Waals surface area contributed by atoms with Crippen LogP contribution in [0.15, 0.2) is 29.4 Å². The Bertz CT molecular complexity index is 401. The van der Waals surface area contributed by atoms with Crippen LogP contribution in [0.2, 0.25) is 0 Å². The van der Waals surface area contributed by atoms with Crippen LogP contribution in [-0.4, -0.2) is 17.9 Å². The molecule has 0 aliphatic rings. The van der Waals surface area contributed by atoms with E-state index in [1.54, 1.807) is 6.21 Å². The number of hydrogen-bond acceptors (Lipinski definition) is 3. The molecular weight excluding hydrogens is 246 g/mol. The van der Waals surface area contributed by atoms with E-state index in [0.717, 1.165) is 24.3 Å². The first-order chi connectivity index (χ1) is 8.58. The molecule has 1 aromatic rings. The molecule has 0 aliphatic carbocycles. The fourth-order valence-corrected chi connectivity index (χ4v) is 1.29. The van der Waals surface area contributed by atoms with Gasteiger partial charge in [0.15, 0.2) is 5.11 Å². The lowest BCUT2D eigenvalue weighted by molar-refractivity contribution is 0.289.